The molecule has 0 aliphatic carbocycles. The number of unbranched alkanes of at least 4 members (excludes halogenated alkanes) is 28. The summed E-state index contributed by atoms with van der Waals surface area (Å²) in [6, 6.07) is 0. The number of hydrogen-bond donors (Lipinski definition) is 3. The van der Waals surface area contributed by atoms with E-state index in [1.54, 1.807) is 0 Å². The third kappa shape index (κ3) is 53.8. The highest BCUT2D eigenvalue weighted by atomic mass is 31.2. The minimum Gasteiger partial charge on any atom is -0.462 e. The highest BCUT2D eigenvalue weighted by molar-refractivity contribution is 7.47. The van der Waals surface area contributed by atoms with Crippen molar-refractivity contribution in [2.45, 2.75) is 310 Å². The number of ether oxygens (including phenoxy) is 4. The largest absolute Gasteiger partial charge is 0.472 e. The monoisotopic (exact) mass is 1170 g/mol. The molecule has 0 amide bonds. The number of hydrogen-bond acceptors (Lipinski definition) is 15. The Kier molecular flexibility index (Phi) is 51.5. The molecule has 0 heterocycles. The summed E-state index contributed by atoms with van der Waals surface area (Å²) in [5.41, 5.74) is 0. The molecule has 0 bridgehead atoms. The summed E-state index contributed by atoms with van der Waals surface area (Å²) in [5.74, 6) is -0.695. The number of esters is 4. The van der Waals surface area contributed by atoms with Gasteiger partial charge in [-0.3, -0.25) is 37.3 Å². The fraction of sp³-hybridized carbons (Fsp3) is 0.933. The second kappa shape index (κ2) is 52.8. The van der Waals surface area contributed by atoms with Crippen LogP contribution in [-0.4, -0.2) is 96.7 Å². The molecule has 0 aromatic carbocycles. The highest BCUT2D eigenvalue weighted by Gasteiger charge is 2.30. The Morgan fingerprint density at radius 2 is 0.646 bits per heavy atom. The Hall–Kier alpha value is -1.94. The van der Waals surface area contributed by atoms with Crippen molar-refractivity contribution in [1.82, 2.24) is 0 Å². The Morgan fingerprint density at radius 3 is 0.962 bits per heavy atom. The quantitative estimate of drug-likeness (QED) is 0.0222. The van der Waals surface area contributed by atoms with E-state index in [0.29, 0.717) is 25.7 Å². The number of aliphatic hydroxyl groups excluding tert-OH is 1. The lowest BCUT2D eigenvalue weighted by Crippen LogP contribution is -2.30. The number of rotatable bonds is 59. The summed E-state index contributed by atoms with van der Waals surface area (Å²) in [4.78, 5) is 71.9. The fourth-order valence-electron chi connectivity index (χ4n) is 8.79. The molecule has 0 radical (unpaired) electrons. The van der Waals surface area contributed by atoms with Gasteiger partial charge in [-0.15, -0.1) is 0 Å². The van der Waals surface area contributed by atoms with Gasteiger partial charge in [-0.25, -0.2) is 9.13 Å². The lowest BCUT2D eigenvalue weighted by atomic mass is 10.00. The molecule has 3 N–H and O–H groups in total. The molecular weight excluding hydrogens is 1050 g/mol. The van der Waals surface area contributed by atoms with Gasteiger partial charge >= 0.3 is 39.5 Å². The van der Waals surface area contributed by atoms with Gasteiger partial charge in [-0.1, -0.05) is 241 Å². The molecule has 0 aromatic heterocycles. The number of carbonyl (C=O) groups excluding carboxylic acids is 4. The molecule has 0 saturated heterocycles. The topological polar surface area (TPSA) is 237 Å². The number of carbonyl (C=O) groups is 4. The van der Waals surface area contributed by atoms with Gasteiger partial charge in [0.15, 0.2) is 12.2 Å². The van der Waals surface area contributed by atoms with E-state index in [0.717, 1.165) is 115 Å². The molecule has 0 fully saturated rings. The van der Waals surface area contributed by atoms with Crippen LogP contribution in [0.25, 0.3) is 0 Å². The summed E-state index contributed by atoms with van der Waals surface area (Å²) in [7, 11) is -9.87. The minimum absolute atomic E-state index is 0.103. The van der Waals surface area contributed by atoms with Crippen LogP contribution in [0.4, 0.5) is 0 Å². The van der Waals surface area contributed by atoms with Crippen molar-refractivity contribution in [3.63, 3.8) is 0 Å². The fourth-order valence-corrected chi connectivity index (χ4v) is 10.4. The van der Waals surface area contributed by atoms with Gasteiger partial charge in [0.05, 0.1) is 26.4 Å². The van der Waals surface area contributed by atoms with E-state index in [-0.39, 0.29) is 25.7 Å². The third-order valence-corrected chi connectivity index (χ3v) is 16.0. The number of phosphoric ester groups is 2. The van der Waals surface area contributed by atoms with E-state index >= 15 is 0 Å². The van der Waals surface area contributed by atoms with Gasteiger partial charge in [0.25, 0.3) is 0 Å². The van der Waals surface area contributed by atoms with Crippen molar-refractivity contribution in [1.29, 1.82) is 0 Å². The predicted molar refractivity (Wildman–Crippen MR) is 312 cm³/mol. The van der Waals surface area contributed by atoms with E-state index < -0.39 is 97.5 Å². The molecule has 0 aliphatic rings. The van der Waals surface area contributed by atoms with Crippen LogP contribution in [0, 0.1) is 11.8 Å². The normalized spacial score (nSPS) is 14.8. The van der Waals surface area contributed by atoms with Crippen LogP contribution in [0.3, 0.4) is 0 Å². The Balaban J connectivity index is 5.24. The summed E-state index contributed by atoms with van der Waals surface area (Å²) in [6.45, 7) is 9.34. The van der Waals surface area contributed by atoms with Crippen LogP contribution in [0.1, 0.15) is 292 Å². The van der Waals surface area contributed by atoms with Gasteiger partial charge in [0.2, 0.25) is 0 Å². The van der Waals surface area contributed by atoms with Crippen LogP contribution < -0.4 is 0 Å². The Bertz CT molecular complexity index is 1570. The Labute approximate surface area is 479 Å². The van der Waals surface area contributed by atoms with Gasteiger partial charge in [-0.2, -0.15) is 0 Å². The van der Waals surface area contributed by atoms with Crippen molar-refractivity contribution < 1.29 is 80.2 Å². The second-order valence-corrected chi connectivity index (χ2v) is 25.4. The minimum atomic E-state index is -4.94. The smallest absolute Gasteiger partial charge is 0.462 e. The molecule has 19 heteroatoms. The third-order valence-electron chi connectivity index (χ3n) is 14.1. The molecule has 3 unspecified atom stereocenters. The van der Waals surface area contributed by atoms with Crippen LogP contribution in [0.5, 0.6) is 0 Å². The van der Waals surface area contributed by atoms with Gasteiger partial charge in [-0.05, 0) is 37.5 Å². The maximum absolute atomic E-state index is 12.9. The van der Waals surface area contributed by atoms with E-state index in [4.69, 9.17) is 37.0 Å². The molecule has 6 atom stereocenters. The van der Waals surface area contributed by atoms with Crippen molar-refractivity contribution in [2.24, 2.45) is 11.8 Å². The maximum atomic E-state index is 12.9. The second-order valence-electron chi connectivity index (χ2n) is 22.5. The average molecular weight is 1170 g/mol. The molecule has 0 rings (SSSR count). The summed E-state index contributed by atoms with van der Waals surface area (Å²) in [6.07, 6.45) is 33.5. The molecule has 0 saturated carbocycles. The van der Waals surface area contributed by atoms with Gasteiger partial charge in [0.1, 0.15) is 19.3 Å². The maximum Gasteiger partial charge on any atom is 0.472 e. The lowest BCUT2D eigenvalue weighted by Gasteiger charge is -2.21. The van der Waals surface area contributed by atoms with E-state index in [2.05, 4.69) is 41.5 Å². The van der Waals surface area contributed by atoms with Gasteiger partial charge < -0.3 is 33.8 Å². The zero-order chi connectivity index (χ0) is 58.7. The van der Waals surface area contributed by atoms with Crippen LogP contribution in [-0.2, 0) is 65.4 Å². The highest BCUT2D eigenvalue weighted by Crippen LogP contribution is 2.45. The molecule has 0 aromatic rings. The molecule has 0 spiro atoms. The predicted octanol–water partition coefficient (Wildman–Crippen LogP) is 16.1. The zero-order valence-electron chi connectivity index (χ0n) is 50.7. The zero-order valence-corrected chi connectivity index (χ0v) is 52.4. The van der Waals surface area contributed by atoms with Crippen LogP contribution in [0.2, 0.25) is 0 Å². The van der Waals surface area contributed by atoms with E-state index in [1.165, 1.54) is 96.3 Å². The van der Waals surface area contributed by atoms with Crippen LogP contribution >= 0.6 is 15.6 Å². The lowest BCUT2D eigenvalue weighted by molar-refractivity contribution is -0.161. The van der Waals surface area contributed by atoms with E-state index in [1.807, 2.05) is 0 Å². The molecule has 17 nitrogen and oxygen atoms in total. The van der Waals surface area contributed by atoms with Crippen molar-refractivity contribution in [3.05, 3.63) is 0 Å². The van der Waals surface area contributed by atoms with Crippen molar-refractivity contribution >= 4 is 39.5 Å². The molecule has 468 valence electrons. The van der Waals surface area contributed by atoms with E-state index in [9.17, 15) is 43.2 Å². The first kappa shape index (κ1) is 77.1. The molecule has 79 heavy (non-hydrogen) atoms. The standard InChI is InChI=1S/C60H116O17P2/c1-7-10-12-14-16-18-19-24-32-38-44-59(64)76-55(48-70-57(62)42-36-30-23-17-15-13-11-8-2)50-74-78(66,67)72-46-54(61)47-73-79(68,69)75-51-56(49-71-58(63)43-37-31-27-26-29-35-41-53(6)9-3)77-60(65)45-39-33-25-21-20-22-28-34-40-52(4)5/h52-56,61H,7-51H2,1-6H3,(H,66,67)(H,68,69)/t53?,54-,55+,56+/m0/s1. The summed E-state index contributed by atoms with van der Waals surface area (Å²) >= 11 is 0. The summed E-state index contributed by atoms with van der Waals surface area (Å²) in [5, 5.41) is 10.5. The first-order valence-electron chi connectivity index (χ1n) is 31.5. The van der Waals surface area contributed by atoms with Crippen molar-refractivity contribution in [3.8, 4) is 0 Å². The molecule has 0 aliphatic heterocycles. The average Bonchev–Trinajstić information content (AvgIpc) is 3.41. The SMILES string of the molecule is CCCCCCCCCCCCC(=O)O[C@H](COC(=O)CCCCCCCCCC)COP(=O)(O)OC[C@H](O)COP(=O)(O)OC[C@@H](COC(=O)CCCCCCCCC(C)CC)OC(=O)CCCCCCCCCCC(C)C. The first-order chi connectivity index (χ1) is 37.9. The number of phosphoric acid groups is 2. The molecular formula is C60H116O17P2. The van der Waals surface area contributed by atoms with Gasteiger partial charge in [0, 0.05) is 25.7 Å². The first-order valence-corrected chi connectivity index (χ1v) is 34.5. The number of aliphatic hydroxyl groups is 1. The Morgan fingerprint density at radius 1 is 0.367 bits per heavy atom. The summed E-state index contributed by atoms with van der Waals surface area (Å²) < 4.78 is 67.7. The van der Waals surface area contributed by atoms with Crippen molar-refractivity contribution in [2.75, 3.05) is 39.6 Å². The van der Waals surface area contributed by atoms with Crippen LogP contribution in [0.15, 0.2) is 0 Å².